The first kappa shape index (κ1) is 15.4. The van der Waals surface area contributed by atoms with Crippen molar-refractivity contribution in [2.45, 2.75) is 51.3 Å². The van der Waals surface area contributed by atoms with Gasteiger partial charge in [-0.05, 0) is 25.2 Å². The van der Waals surface area contributed by atoms with Crippen LogP contribution in [0.25, 0.3) is 0 Å². The summed E-state index contributed by atoms with van der Waals surface area (Å²) in [7, 11) is -3.41. The van der Waals surface area contributed by atoms with Gasteiger partial charge in [0.05, 0.1) is 12.4 Å². The molecule has 1 atom stereocenters. The summed E-state index contributed by atoms with van der Waals surface area (Å²) in [6.45, 7) is 3.86. The summed E-state index contributed by atoms with van der Waals surface area (Å²) < 4.78 is 24.8. The van der Waals surface area contributed by atoms with Gasteiger partial charge in [0.1, 0.15) is 6.04 Å². The Labute approximate surface area is 108 Å². The summed E-state index contributed by atoms with van der Waals surface area (Å²) in [5, 5.41) is 11.9. The molecule has 1 rings (SSSR count). The molecule has 1 aliphatic rings. The highest BCUT2D eigenvalue weighted by atomic mass is 32.2. The van der Waals surface area contributed by atoms with Gasteiger partial charge >= 0.3 is 0 Å². The van der Waals surface area contributed by atoms with Crippen LogP contribution in [0.2, 0.25) is 0 Å². The van der Waals surface area contributed by atoms with Crippen molar-refractivity contribution in [1.29, 1.82) is 0 Å². The van der Waals surface area contributed by atoms with Crippen molar-refractivity contribution in [3.63, 3.8) is 0 Å². The normalized spacial score (nSPS) is 25.6. The smallest absolute Gasteiger partial charge is 0.238 e. The van der Waals surface area contributed by atoms with Crippen LogP contribution >= 0.6 is 0 Å². The highest BCUT2D eigenvalue weighted by molar-refractivity contribution is 7.88. The topological polar surface area (TPSA) is 95.5 Å². The van der Waals surface area contributed by atoms with E-state index in [0.717, 1.165) is 6.26 Å². The summed E-state index contributed by atoms with van der Waals surface area (Å²) in [4.78, 5) is 11.9. The average molecular weight is 278 g/mol. The Morgan fingerprint density at radius 2 is 1.94 bits per heavy atom. The van der Waals surface area contributed by atoms with Crippen LogP contribution in [0.3, 0.4) is 0 Å². The highest BCUT2D eigenvalue weighted by Gasteiger charge is 2.31. The number of aliphatic hydroxyl groups is 1. The number of sulfonamides is 1. The van der Waals surface area contributed by atoms with Crippen molar-refractivity contribution in [2.75, 3.05) is 6.26 Å². The minimum absolute atomic E-state index is 0.0384. The zero-order valence-corrected chi connectivity index (χ0v) is 11.8. The van der Waals surface area contributed by atoms with Gasteiger partial charge in [-0.2, -0.15) is 0 Å². The lowest BCUT2D eigenvalue weighted by atomic mass is 9.89. The van der Waals surface area contributed by atoms with Crippen LogP contribution in [-0.2, 0) is 14.8 Å². The second-order valence-electron chi connectivity index (χ2n) is 5.40. The summed E-state index contributed by atoms with van der Waals surface area (Å²) in [5.41, 5.74) is 0. The molecule has 18 heavy (non-hydrogen) atoms. The van der Waals surface area contributed by atoms with Gasteiger partial charge in [0, 0.05) is 6.04 Å². The van der Waals surface area contributed by atoms with Crippen LogP contribution in [0, 0.1) is 5.92 Å². The van der Waals surface area contributed by atoms with Gasteiger partial charge in [0.2, 0.25) is 15.9 Å². The summed E-state index contributed by atoms with van der Waals surface area (Å²) in [6.07, 6.45) is 2.23. The molecule has 106 valence electrons. The molecule has 0 saturated heterocycles. The highest BCUT2D eigenvalue weighted by Crippen LogP contribution is 2.19. The Morgan fingerprint density at radius 3 is 2.33 bits per heavy atom. The van der Waals surface area contributed by atoms with Crippen molar-refractivity contribution >= 4 is 15.9 Å². The van der Waals surface area contributed by atoms with Crippen LogP contribution < -0.4 is 10.0 Å². The second kappa shape index (κ2) is 5.99. The molecule has 0 aromatic carbocycles. The van der Waals surface area contributed by atoms with Crippen LogP contribution in [0.15, 0.2) is 0 Å². The third kappa shape index (κ3) is 5.32. The maximum Gasteiger partial charge on any atom is 0.238 e. The predicted molar refractivity (Wildman–Crippen MR) is 68.4 cm³/mol. The lowest BCUT2D eigenvalue weighted by Crippen LogP contribution is -2.54. The van der Waals surface area contributed by atoms with Gasteiger partial charge in [0.15, 0.2) is 0 Å². The van der Waals surface area contributed by atoms with E-state index in [1.807, 2.05) is 13.8 Å². The lowest BCUT2D eigenvalue weighted by Gasteiger charge is -2.33. The molecular weight excluding hydrogens is 256 g/mol. The molecule has 6 nitrogen and oxygen atoms in total. The fraction of sp³-hybridized carbons (Fsp3) is 0.909. The second-order valence-corrected chi connectivity index (χ2v) is 7.18. The first-order valence-electron chi connectivity index (χ1n) is 6.13. The Balaban J connectivity index is 2.55. The van der Waals surface area contributed by atoms with Gasteiger partial charge < -0.3 is 10.4 Å². The Kier molecular flexibility index (Phi) is 5.12. The van der Waals surface area contributed by atoms with Crippen molar-refractivity contribution < 1.29 is 18.3 Å². The van der Waals surface area contributed by atoms with Crippen LogP contribution in [0.1, 0.15) is 33.1 Å². The Morgan fingerprint density at radius 1 is 1.39 bits per heavy atom. The van der Waals surface area contributed by atoms with E-state index in [9.17, 15) is 13.2 Å². The Hall–Kier alpha value is -0.660. The van der Waals surface area contributed by atoms with Gasteiger partial charge in [-0.25, -0.2) is 13.1 Å². The molecule has 1 aliphatic carbocycles. The Bertz CT molecular complexity index is 388. The summed E-state index contributed by atoms with van der Waals surface area (Å²) >= 11 is 0. The van der Waals surface area contributed by atoms with E-state index in [1.54, 1.807) is 0 Å². The molecule has 3 N–H and O–H groups in total. The number of hydrogen-bond acceptors (Lipinski definition) is 4. The minimum Gasteiger partial charge on any atom is -0.393 e. The molecule has 0 aromatic rings. The largest absolute Gasteiger partial charge is 0.393 e. The number of carbonyl (C=O) groups is 1. The van der Waals surface area contributed by atoms with Gasteiger partial charge in [0.25, 0.3) is 0 Å². The van der Waals surface area contributed by atoms with Gasteiger partial charge in [-0.3, -0.25) is 4.79 Å². The minimum atomic E-state index is -3.41. The summed E-state index contributed by atoms with van der Waals surface area (Å²) in [6, 6.07) is -0.777. The van der Waals surface area contributed by atoms with E-state index in [-0.39, 0.29) is 24.0 Å². The van der Waals surface area contributed by atoms with Crippen molar-refractivity contribution in [1.82, 2.24) is 10.0 Å². The fourth-order valence-electron chi connectivity index (χ4n) is 1.95. The number of rotatable bonds is 6. The molecule has 0 heterocycles. The van der Waals surface area contributed by atoms with E-state index in [1.165, 1.54) is 0 Å². The molecule has 1 amide bonds. The maximum atomic E-state index is 11.9. The third-order valence-corrected chi connectivity index (χ3v) is 3.55. The number of carbonyl (C=O) groups excluding carboxylic acids is 1. The first-order valence-corrected chi connectivity index (χ1v) is 8.02. The van der Waals surface area contributed by atoms with E-state index in [0.29, 0.717) is 19.3 Å². The van der Waals surface area contributed by atoms with E-state index >= 15 is 0 Å². The fourth-order valence-corrected chi connectivity index (χ4v) is 2.67. The average Bonchev–Trinajstić information content (AvgIpc) is 2.11. The molecule has 0 aromatic heterocycles. The maximum absolute atomic E-state index is 11.9. The molecule has 7 heteroatoms. The SMILES string of the molecule is CC(C)CC(NS(C)(=O)=O)C(=O)NC1CC(O)C1. The molecular formula is C11H22N2O4S. The predicted octanol–water partition coefficient (Wildman–Crippen LogP) is -0.410. The zero-order valence-electron chi connectivity index (χ0n) is 11.0. The van der Waals surface area contributed by atoms with Crippen molar-refractivity contribution in [3.8, 4) is 0 Å². The molecule has 0 radical (unpaired) electrons. The van der Waals surface area contributed by atoms with E-state index in [2.05, 4.69) is 10.0 Å². The number of nitrogens with one attached hydrogen (secondary N) is 2. The number of aliphatic hydroxyl groups excluding tert-OH is 1. The van der Waals surface area contributed by atoms with Crippen molar-refractivity contribution in [2.24, 2.45) is 5.92 Å². The molecule has 1 fully saturated rings. The van der Waals surface area contributed by atoms with E-state index in [4.69, 9.17) is 5.11 Å². The molecule has 1 saturated carbocycles. The lowest BCUT2D eigenvalue weighted by molar-refractivity contribution is -0.125. The molecule has 0 bridgehead atoms. The van der Waals surface area contributed by atoms with E-state index < -0.39 is 16.1 Å². The molecule has 1 unspecified atom stereocenters. The van der Waals surface area contributed by atoms with Gasteiger partial charge in [-0.1, -0.05) is 13.8 Å². The van der Waals surface area contributed by atoms with Crippen LogP contribution in [-0.4, -0.2) is 43.9 Å². The van der Waals surface area contributed by atoms with Crippen molar-refractivity contribution in [3.05, 3.63) is 0 Å². The first-order chi connectivity index (χ1) is 8.17. The molecule has 0 spiro atoms. The molecule has 0 aliphatic heterocycles. The quantitative estimate of drug-likeness (QED) is 0.615. The number of amides is 1. The van der Waals surface area contributed by atoms with Gasteiger partial charge in [-0.15, -0.1) is 0 Å². The number of hydrogen-bond donors (Lipinski definition) is 3. The van der Waals surface area contributed by atoms with Crippen LogP contribution in [0.4, 0.5) is 0 Å². The monoisotopic (exact) mass is 278 g/mol. The summed E-state index contributed by atoms with van der Waals surface area (Å²) in [5.74, 6) is -0.104. The zero-order chi connectivity index (χ0) is 13.9. The standard InChI is InChI=1S/C11H22N2O4S/c1-7(2)4-10(13-18(3,16)17)11(15)12-8-5-9(14)6-8/h7-10,13-14H,4-6H2,1-3H3,(H,12,15). The third-order valence-electron chi connectivity index (χ3n) is 2.84. The van der Waals surface area contributed by atoms with Crippen LogP contribution in [0.5, 0.6) is 0 Å².